The second-order valence-corrected chi connectivity index (χ2v) is 6.23. The SMILES string of the molecule is Cc1cc(C)c2c(c1)N(C(=O)CC1CCCN1)CCC2.Cl. The number of amides is 1. The number of rotatable bonds is 2. The molecule has 1 fully saturated rings. The van der Waals surface area contributed by atoms with E-state index >= 15 is 0 Å². The summed E-state index contributed by atoms with van der Waals surface area (Å²) < 4.78 is 0. The van der Waals surface area contributed by atoms with Crippen molar-refractivity contribution in [1.29, 1.82) is 0 Å². The van der Waals surface area contributed by atoms with Gasteiger partial charge in [0.15, 0.2) is 0 Å². The van der Waals surface area contributed by atoms with E-state index in [0.717, 1.165) is 38.0 Å². The molecule has 1 aromatic rings. The van der Waals surface area contributed by atoms with Gasteiger partial charge in [-0.25, -0.2) is 0 Å². The normalized spacial score (nSPS) is 20.9. The maximum Gasteiger partial charge on any atom is 0.228 e. The second kappa shape index (κ2) is 6.80. The first-order valence-electron chi connectivity index (χ1n) is 7.79. The second-order valence-electron chi connectivity index (χ2n) is 6.23. The molecule has 1 N–H and O–H groups in total. The van der Waals surface area contributed by atoms with Crippen molar-refractivity contribution in [3.05, 3.63) is 28.8 Å². The van der Waals surface area contributed by atoms with Gasteiger partial charge < -0.3 is 10.2 Å². The maximum absolute atomic E-state index is 12.6. The largest absolute Gasteiger partial charge is 0.313 e. The summed E-state index contributed by atoms with van der Waals surface area (Å²) in [7, 11) is 0. The molecule has 1 unspecified atom stereocenters. The summed E-state index contributed by atoms with van der Waals surface area (Å²) in [5, 5.41) is 3.43. The van der Waals surface area contributed by atoms with E-state index in [1.807, 2.05) is 4.90 Å². The molecule has 0 radical (unpaired) electrons. The van der Waals surface area contributed by atoms with Gasteiger partial charge >= 0.3 is 0 Å². The van der Waals surface area contributed by atoms with Crippen molar-refractivity contribution in [2.45, 2.75) is 52.0 Å². The third-order valence-electron chi connectivity index (χ3n) is 4.58. The first-order valence-corrected chi connectivity index (χ1v) is 7.79. The summed E-state index contributed by atoms with van der Waals surface area (Å²) in [4.78, 5) is 14.7. The molecule has 0 spiro atoms. The zero-order valence-electron chi connectivity index (χ0n) is 12.9. The van der Waals surface area contributed by atoms with Gasteiger partial charge in [0.2, 0.25) is 5.91 Å². The number of aryl methyl sites for hydroxylation is 2. The van der Waals surface area contributed by atoms with E-state index in [1.165, 1.54) is 23.1 Å². The Bertz CT molecular complexity index is 524. The van der Waals surface area contributed by atoms with E-state index in [4.69, 9.17) is 0 Å². The van der Waals surface area contributed by atoms with Crippen molar-refractivity contribution in [2.75, 3.05) is 18.0 Å². The van der Waals surface area contributed by atoms with Crippen molar-refractivity contribution in [1.82, 2.24) is 5.32 Å². The van der Waals surface area contributed by atoms with Crippen molar-refractivity contribution < 1.29 is 4.79 Å². The molecule has 3 rings (SSSR count). The van der Waals surface area contributed by atoms with Gasteiger partial charge in [0.05, 0.1) is 0 Å². The molecular weight excluding hydrogens is 284 g/mol. The topological polar surface area (TPSA) is 32.3 Å². The first kappa shape index (κ1) is 16.3. The van der Waals surface area contributed by atoms with Crippen LogP contribution in [0.25, 0.3) is 0 Å². The molecule has 1 amide bonds. The Morgan fingerprint density at radius 2 is 2.14 bits per heavy atom. The van der Waals surface area contributed by atoms with Gasteiger partial charge in [0.25, 0.3) is 0 Å². The van der Waals surface area contributed by atoms with Gasteiger partial charge in [0, 0.05) is 24.7 Å². The lowest BCUT2D eigenvalue weighted by molar-refractivity contribution is -0.119. The number of fused-ring (bicyclic) bond motifs is 1. The molecule has 21 heavy (non-hydrogen) atoms. The zero-order valence-corrected chi connectivity index (χ0v) is 13.8. The molecule has 3 nitrogen and oxygen atoms in total. The maximum atomic E-state index is 12.6. The number of nitrogens with one attached hydrogen (secondary N) is 1. The molecule has 1 atom stereocenters. The van der Waals surface area contributed by atoms with E-state index in [-0.39, 0.29) is 18.3 Å². The van der Waals surface area contributed by atoms with Gasteiger partial charge in [-0.3, -0.25) is 4.79 Å². The molecule has 0 aliphatic carbocycles. The Balaban J connectivity index is 0.00000161. The average Bonchev–Trinajstić information content (AvgIpc) is 2.90. The number of anilines is 1. The smallest absolute Gasteiger partial charge is 0.228 e. The summed E-state index contributed by atoms with van der Waals surface area (Å²) in [6.07, 6.45) is 5.17. The highest BCUT2D eigenvalue weighted by Crippen LogP contribution is 2.31. The number of hydrogen-bond donors (Lipinski definition) is 1. The lowest BCUT2D eigenvalue weighted by atomic mass is 9.94. The minimum absolute atomic E-state index is 0. The monoisotopic (exact) mass is 308 g/mol. The fourth-order valence-corrected chi connectivity index (χ4v) is 3.59. The van der Waals surface area contributed by atoms with Crippen molar-refractivity contribution in [2.24, 2.45) is 0 Å². The van der Waals surface area contributed by atoms with Crippen molar-refractivity contribution in [3.63, 3.8) is 0 Å². The summed E-state index contributed by atoms with van der Waals surface area (Å²) in [6, 6.07) is 4.80. The molecule has 0 bridgehead atoms. The molecule has 4 heteroatoms. The van der Waals surface area contributed by atoms with E-state index in [2.05, 4.69) is 31.3 Å². The number of halogens is 1. The standard InChI is InChI=1S/C17H24N2O.ClH/c1-12-9-13(2)15-6-4-8-19(16(15)10-12)17(20)11-14-5-3-7-18-14;/h9-10,14,18H,3-8,11H2,1-2H3;1H. The van der Waals surface area contributed by atoms with Gasteiger partial charge in [-0.15, -0.1) is 12.4 Å². The van der Waals surface area contributed by atoms with E-state index in [1.54, 1.807) is 0 Å². The van der Waals surface area contributed by atoms with Crippen LogP contribution in [-0.4, -0.2) is 25.0 Å². The predicted octanol–water partition coefficient (Wildman–Crippen LogP) is 3.15. The van der Waals surface area contributed by atoms with Gasteiger partial charge in [-0.2, -0.15) is 0 Å². The molecule has 1 saturated heterocycles. The molecule has 2 aliphatic rings. The molecule has 0 aromatic heterocycles. The van der Waals surface area contributed by atoms with Gasteiger partial charge in [-0.05, 0) is 68.8 Å². The Kier molecular flexibility index (Phi) is 5.28. The van der Waals surface area contributed by atoms with Crippen LogP contribution in [0.4, 0.5) is 5.69 Å². The van der Waals surface area contributed by atoms with Crippen LogP contribution in [0.15, 0.2) is 12.1 Å². The number of carbonyl (C=O) groups excluding carboxylic acids is 1. The summed E-state index contributed by atoms with van der Waals surface area (Å²) in [6.45, 7) is 6.22. The third-order valence-corrected chi connectivity index (χ3v) is 4.58. The number of carbonyl (C=O) groups is 1. The fraction of sp³-hybridized carbons (Fsp3) is 0.588. The third kappa shape index (κ3) is 3.41. The van der Waals surface area contributed by atoms with E-state index in [0.29, 0.717) is 12.5 Å². The van der Waals surface area contributed by atoms with E-state index < -0.39 is 0 Å². The van der Waals surface area contributed by atoms with Crippen LogP contribution in [0.2, 0.25) is 0 Å². The molecule has 116 valence electrons. The lowest BCUT2D eigenvalue weighted by Crippen LogP contribution is -2.39. The van der Waals surface area contributed by atoms with Crippen LogP contribution in [0, 0.1) is 13.8 Å². The molecule has 0 saturated carbocycles. The zero-order chi connectivity index (χ0) is 14.1. The van der Waals surface area contributed by atoms with Crippen LogP contribution < -0.4 is 10.2 Å². The van der Waals surface area contributed by atoms with Crippen LogP contribution in [0.1, 0.15) is 42.4 Å². The molecular formula is C17H25ClN2O. The van der Waals surface area contributed by atoms with Crippen molar-refractivity contribution >= 4 is 24.0 Å². The Morgan fingerprint density at radius 3 is 2.86 bits per heavy atom. The Morgan fingerprint density at radius 1 is 1.33 bits per heavy atom. The molecule has 2 aliphatic heterocycles. The highest BCUT2D eigenvalue weighted by atomic mass is 35.5. The van der Waals surface area contributed by atoms with Crippen LogP contribution in [-0.2, 0) is 11.2 Å². The Hall–Kier alpha value is -1.06. The number of hydrogen-bond acceptors (Lipinski definition) is 2. The van der Waals surface area contributed by atoms with E-state index in [9.17, 15) is 4.79 Å². The minimum atomic E-state index is 0. The summed E-state index contributed by atoms with van der Waals surface area (Å²) in [5.74, 6) is 0.287. The van der Waals surface area contributed by atoms with Gasteiger partial charge in [0.1, 0.15) is 0 Å². The van der Waals surface area contributed by atoms with Crippen LogP contribution >= 0.6 is 12.4 Å². The number of nitrogens with zero attached hydrogens (tertiary/aromatic N) is 1. The predicted molar refractivity (Wildman–Crippen MR) is 89.5 cm³/mol. The van der Waals surface area contributed by atoms with Gasteiger partial charge in [-0.1, -0.05) is 6.07 Å². The summed E-state index contributed by atoms with van der Waals surface area (Å²) in [5.41, 5.74) is 5.11. The number of benzene rings is 1. The fourth-order valence-electron chi connectivity index (χ4n) is 3.59. The Labute approximate surface area is 133 Å². The molecule has 1 aromatic carbocycles. The summed E-state index contributed by atoms with van der Waals surface area (Å²) >= 11 is 0. The quantitative estimate of drug-likeness (QED) is 0.910. The van der Waals surface area contributed by atoms with Crippen LogP contribution in [0.5, 0.6) is 0 Å². The first-order chi connectivity index (χ1) is 9.65. The van der Waals surface area contributed by atoms with Crippen LogP contribution in [0.3, 0.4) is 0 Å². The molecule has 2 heterocycles. The average molecular weight is 309 g/mol. The highest BCUT2D eigenvalue weighted by molar-refractivity contribution is 5.95. The minimum Gasteiger partial charge on any atom is -0.313 e. The highest BCUT2D eigenvalue weighted by Gasteiger charge is 2.26. The lowest BCUT2D eigenvalue weighted by Gasteiger charge is -2.32. The van der Waals surface area contributed by atoms with Crippen molar-refractivity contribution in [3.8, 4) is 0 Å².